The van der Waals surface area contributed by atoms with Gasteiger partial charge in [0.15, 0.2) is 22.9 Å². The number of oxime groups is 1. The van der Waals surface area contributed by atoms with Crippen molar-refractivity contribution >= 4 is 29.3 Å². The van der Waals surface area contributed by atoms with Crippen LogP contribution in [0.3, 0.4) is 0 Å². The SMILES string of the molecule is CO/N=C(\N)c1ccc(CNC(=O)C2CCN2C(=O)C2(O)CCOc3c(OC(F)F)cc(Cl)cc32)cc1. The van der Waals surface area contributed by atoms with Crippen LogP contribution in [0.5, 0.6) is 11.5 Å². The molecule has 2 atom stereocenters. The first kappa shape index (κ1) is 26.4. The lowest BCUT2D eigenvalue weighted by Gasteiger charge is -2.45. The van der Waals surface area contributed by atoms with E-state index in [0.717, 1.165) is 11.6 Å². The Morgan fingerprint density at radius 2 is 2.08 bits per heavy atom. The summed E-state index contributed by atoms with van der Waals surface area (Å²) in [4.78, 5) is 32.2. The Kier molecular flexibility index (Phi) is 7.69. The number of ether oxygens (including phenoxy) is 2. The molecular formula is C24H25ClF2N4O6. The molecule has 2 unspecified atom stereocenters. The second kappa shape index (κ2) is 10.8. The van der Waals surface area contributed by atoms with Gasteiger partial charge in [-0.15, -0.1) is 0 Å². The van der Waals surface area contributed by atoms with Crippen molar-refractivity contribution in [2.45, 2.75) is 37.6 Å². The highest BCUT2D eigenvalue weighted by Gasteiger charge is 2.51. The van der Waals surface area contributed by atoms with Crippen molar-refractivity contribution in [3.05, 3.63) is 58.1 Å². The van der Waals surface area contributed by atoms with Crippen LogP contribution in [0.2, 0.25) is 5.02 Å². The monoisotopic (exact) mass is 538 g/mol. The Morgan fingerprint density at radius 3 is 2.70 bits per heavy atom. The molecule has 198 valence electrons. The van der Waals surface area contributed by atoms with E-state index >= 15 is 0 Å². The van der Waals surface area contributed by atoms with E-state index in [-0.39, 0.29) is 54.0 Å². The molecule has 0 saturated carbocycles. The summed E-state index contributed by atoms with van der Waals surface area (Å²) in [6.07, 6.45) is 0.245. The number of amidine groups is 1. The molecule has 0 aromatic heterocycles. The number of nitrogens with zero attached hydrogens (tertiary/aromatic N) is 2. The van der Waals surface area contributed by atoms with Gasteiger partial charge in [-0.2, -0.15) is 8.78 Å². The molecule has 2 amide bonds. The van der Waals surface area contributed by atoms with Crippen LogP contribution in [0.4, 0.5) is 8.78 Å². The molecule has 4 rings (SSSR count). The molecule has 0 bridgehead atoms. The minimum Gasteiger partial charge on any atom is -0.489 e. The lowest BCUT2D eigenvalue weighted by atomic mass is 9.84. The van der Waals surface area contributed by atoms with E-state index < -0.39 is 30.1 Å². The molecule has 37 heavy (non-hydrogen) atoms. The van der Waals surface area contributed by atoms with Crippen molar-refractivity contribution in [3.63, 3.8) is 0 Å². The second-order valence-electron chi connectivity index (χ2n) is 8.49. The van der Waals surface area contributed by atoms with E-state index in [4.69, 9.17) is 22.1 Å². The van der Waals surface area contributed by atoms with Gasteiger partial charge in [-0.25, -0.2) is 0 Å². The van der Waals surface area contributed by atoms with Crippen LogP contribution in [0, 0.1) is 0 Å². The molecule has 1 saturated heterocycles. The number of likely N-dealkylation sites (tertiary alicyclic amines) is 1. The Morgan fingerprint density at radius 1 is 1.35 bits per heavy atom. The zero-order valence-corrected chi connectivity index (χ0v) is 20.5. The molecule has 0 radical (unpaired) electrons. The third-order valence-electron chi connectivity index (χ3n) is 6.23. The second-order valence-corrected chi connectivity index (χ2v) is 8.93. The minimum absolute atomic E-state index is 0.0229. The molecule has 0 aliphatic carbocycles. The van der Waals surface area contributed by atoms with Crippen molar-refractivity contribution < 1.29 is 37.8 Å². The molecule has 13 heteroatoms. The number of nitrogens with one attached hydrogen (secondary N) is 1. The molecule has 2 aliphatic rings. The van der Waals surface area contributed by atoms with Gasteiger partial charge in [-0.1, -0.05) is 41.0 Å². The standard InChI is InChI=1S/C24H25ClF2N4O6/c1-35-30-20(28)14-4-2-13(3-5-14)12-29-21(32)17-6-8-31(17)22(33)24(34)7-9-36-19-16(24)10-15(25)11-18(19)37-23(26)27/h2-5,10-11,17,23,34H,6-9,12H2,1H3,(H2,28,30)(H,29,32). The van der Waals surface area contributed by atoms with Crippen LogP contribution >= 0.6 is 11.6 Å². The number of carbonyl (C=O) groups excluding carboxylic acids is 2. The Labute approximate surface area is 215 Å². The predicted octanol–water partition coefficient (Wildman–Crippen LogP) is 2.10. The van der Waals surface area contributed by atoms with E-state index in [1.807, 2.05) is 0 Å². The maximum atomic E-state index is 13.4. The van der Waals surface area contributed by atoms with Crippen LogP contribution in [-0.2, 0) is 26.6 Å². The minimum atomic E-state index is -3.16. The van der Waals surface area contributed by atoms with Gasteiger partial charge in [0.1, 0.15) is 13.2 Å². The summed E-state index contributed by atoms with van der Waals surface area (Å²) >= 11 is 6.05. The van der Waals surface area contributed by atoms with Gasteiger partial charge in [-0.3, -0.25) is 9.59 Å². The number of aliphatic hydroxyl groups is 1. The maximum absolute atomic E-state index is 13.4. The number of hydrogen-bond acceptors (Lipinski definition) is 7. The summed E-state index contributed by atoms with van der Waals surface area (Å²) in [5.74, 6) is -1.50. The fourth-order valence-electron chi connectivity index (χ4n) is 4.26. The highest BCUT2D eigenvalue weighted by atomic mass is 35.5. The van der Waals surface area contributed by atoms with Gasteiger partial charge in [0.2, 0.25) is 5.91 Å². The summed E-state index contributed by atoms with van der Waals surface area (Å²) in [6.45, 7) is -2.85. The smallest absolute Gasteiger partial charge is 0.387 e. The molecule has 2 aromatic rings. The molecule has 4 N–H and O–H groups in total. The quantitative estimate of drug-likeness (QED) is 0.266. The number of fused-ring (bicyclic) bond motifs is 1. The van der Waals surface area contributed by atoms with E-state index in [2.05, 4.69) is 20.0 Å². The number of carbonyl (C=O) groups is 2. The first-order chi connectivity index (χ1) is 17.6. The van der Waals surface area contributed by atoms with Gasteiger partial charge < -0.3 is 35.4 Å². The van der Waals surface area contributed by atoms with Crippen molar-refractivity contribution in [3.8, 4) is 11.5 Å². The van der Waals surface area contributed by atoms with Crippen LogP contribution in [0.25, 0.3) is 0 Å². The van der Waals surface area contributed by atoms with Crippen LogP contribution < -0.4 is 20.5 Å². The van der Waals surface area contributed by atoms with Crippen LogP contribution in [0.15, 0.2) is 41.6 Å². The van der Waals surface area contributed by atoms with Crippen LogP contribution in [-0.4, -0.2) is 60.6 Å². The van der Waals surface area contributed by atoms with Gasteiger partial charge in [0, 0.05) is 41.7 Å². The largest absolute Gasteiger partial charge is 0.489 e. The predicted molar refractivity (Wildman–Crippen MR) is 128 cm³/mol. The molecule has 2 aromatic carbocycles. The van der Waals surface area contributed by atoms with E-state index in [1.165, 1.54) is 18.1 Å². The first-order valence-corrected chi connectivity index (χ1v) is 11.7. The van der Waals surface area contributed by atoms with E-state index in [9.17, 15) is 23.5 Å². The van der Waals surface area contributed by atoms with Gasteiger partial charge in [0.25, 0.3) is 5.91 Å². The number of amides is 2. The Bertz CT molecular complexity index is 1210. The lowest BCUT2D eigenvalue weighted by Crippen LogP contribution is -2.63. The molecule has 1 fully saturated rings. The highest BCUT2D eigenvalue weighted by Crippen LogP contribution is 2.46. The van der Waals surface area contributed by atoms with Gasteiger partial charge in [0.05, 0.1) is 6.61 Å². The lowest BCUT2D eigenvalue weighted by molar-refractivity contribution is -0.167. The third-order valence-corrected chi connectivity index (χ3v) is 6.45. The number of halogens is 3. The Hall–Kier alpha value is -3.64. The molecular weight excluding hydrogens is 514 g/mol. The third kappa shape index (κ3) is 5.39. The Balaban J connectivity index is 1.45. The van der Waals surface area contributed by atoms with E-state index in [0.29, 0.717) is 12.0 Å². The molecule has 2 heterocycles. The summed E-state index contributed by atoms with van der Waals surface area (Å²) in [7, 11) is 1.39. The number of alkyl halides is 2. The number of hydrogen-bond donors (Lipinski definition) is 3. The van der Waals surface area contributed by atoms with Crippen molar-refractivity contribution in [1.29, 1.82) is 0 Å². The fraction of sp³-hybridized carbons (Fsp3) is 0.375. The number of benzene rings is 2. The topological polar surface area (TPSA) is 136 Å². The molecule has 0 spiro atoms. The number of nitrogens with two attached hydrogens (primary N) is 1. The molecule has 10 nitrogen and oxygen atoms in total. The average Bonchev–Trinajstić information content (AvgIpc) is 2.83. The molecule has 2 aliphatic heterocycles. The zero-order valence-electron chi connectivity index (χ0n) is 19.7. The zero-order chi connectivity index (χ0) is 26.7. The normalized spacial score (nSPS) is 21.0. The average molecular weight is 539 g/mol. The summed E-state index contributed by atoms with van der Waals surface area (Å²) in [5.41, 5.74) is 4.99. The van der Waals surface area contributed by atoms with Gasteiger partial charge >= 0.3 is 6.61 Å². The maximum Gasteiger partial charge on any atom is 0.387 e. The summed E-state index contributed by atoms with van der Waals surface area (Å²) < 4.78 is 35.6. The summed E-state index contributed by atoms with van der Waals surface area (Å²) in [6, 6.07) is 8.58. The van der Waals surface area contributed by atoms with Gasteiger partial charge in [-0.05, 0) is 18.1 Å². The number of rotatable bonds is 8. The van der Waals surface area contributed by atoms with Crippen molar-refractivity contribution in [2.24, 2.45) is 10.9 Å². The fourth-order valence-corrected chi connectivity index (χ4v) is 4.47. The summed E-state index contributed by atoms with van der Waals surface area (Å²) in [5, 5.41) is 17.8. The van der Waals surface area contributed by atoms with E-state index in [1.54, 1.807) is 24.3 Å². The highest BCUT2D eigenvalue weighted by molar-refractivity contribution is 6.31. The van der Waals surface area contributed by atoms with Crippen molar-refractivity contribution in [1.82, 2.24) is 10.2 Å². The van der Waals surface area contributed by atoms with Crippen LogP contribution in [0.1, 0.15) is 29.5 Å². The van der Waals surface area contributed by atoms with Crippen molar-refractivity contribution in [2.75, 3.05) is 20.3 Å². The first-order valence-electron chi connectivity index (χ1n) is 11.3.